The lowest BCUT2D eigenvalue weighted by atomic mass is 10.0. The minimum absolute atomic E-state index is 1.08. The molecule has 0 N–H and O–H groups in total. The van der Waals surface area contributed by atoms with Gasteiger partial charge in [-0.05, 0) is 24.3 Å². The van der Waals surface area contributed by atoms with E-state index in [-0.39, 0.29) is 0 Å². The van der Waals surface area contributed by atoms with Gasteiger partial charge in [0.15, 0.2) is 0 Å². The highest BCUT2D eigenvalue weighted by atomic mass is 14.0. The molecular formula is C13H11+. The summed E-state index contributed by atoms with van der Waals surface area (Å²) in [4.78, 5) is 0. The van der Waals surface area contributed by atoms with E-state index in [1.165, 1.54) is 11.1 Å². The van der Waals surface area contributed by atoms with Gasteiger partial charge in [-0.15, -0.1) is 0 Å². The van der Waals surface area contributed by atoms with Gasteiger partial charge in [0.25, 0.3) is 0 Å². The zero-order chi connectivity index (χ0) is 9.10. The molecule has 0 radical (unpaired) electrons. The van der Waals surface area contributed by atoms with Gasteiger partial charge in [0, 0.05) is 24.6 Å². The molecule has 2 rings (SSSR count). The molecule has 0 aliphatic carbocycles. The van der Waals surface area contributed by atoms with Crippen molar-refractivity contribution in [3.63, 3.8) is 0 Å². The van der Waals surface area contributed by atoms with E-state index in [2.05, 4.69) is 25.1 Å². The first-order chi connectivity index (χ1) is 6.38. The lowest BCUT2D eigenvalue weighted by Gasteiger charge is -1.96. The molecule has 0 aliphatic rings. The summed E-state index contributed by atoms with van der Waals surface area (Å²) in [5.74, 6) is 0. The first-order valence-corrected chi connectivity index (χ1v) is 4.34. The van der Waals surface area contributed by atoms with Crippen LogP contribution in [0, 0.1) is 6.92 Å². The van der Waals surface area contributed by atoms with Gasteiger partial charge in [-0.25, -0.2) is 0 Å². The Morgan fingerprint density at radius 2 is 1.31 bits per heavy atom. The van der Waals surface area contributed by atoms with E-state index in [9.17, 15) is 0 Å². The van der Waals surface area contributed by atoms with Crippen LogP contribution in [0.2, 0.25) is 0 Å². The lowest BCUT2D eigenvalue weighted by molar-refractivity contribution is 1.56. The Morgan fingerprint density at radius 3 is 2.00 bits per heavy atom. The molecule has 2 aromatic rings. The lowest BCUT2D eigenvalue weighted by Crippen LogP contribution is -1.80. The van der Waals surface area contributed by atoms with Crippen LogP contribution in [-0.4, -0.2) is 0 Å². The summed E-state index contributed by atoms with van der Waals surface area (Å²) in [5.41, 5.74) is 3.52. The summed E-state index contributed by atoms with van der Waals surface area (Å²) in [6.45, 7) is 4.00. The van der Waals surface area contributed by atoms with E-state index in [1.807, 2.05) is 36.4 Å². The molecule has 0 aliphatic heterocycles. The van der Waals surface area contributed by atoms with E-state index in [0.29, 0.717) is 0 Å². The van der Waals surface area contributed by atoms with Crippen LogP contribution >= 0.6 is 0 Å². The second kappa shape index (κ2) is 3.36. The Kier molecular flexibility index (Phi) is 2.05. The Bertz CT molecular complexity index is 388. The third-order valence-electron chi connectivity index (χ3n) is 2.10. The van der Waals surface area contributed by atoms with Gasteiger partial charge in [-0.3, -0.25) is 0 Å². The van der Waals surface area contributed by atoms with Gasteiger partial charge in [0.05, 0.1) is 5.56 Å². The fourth-order valence-electron chi connectivity index (χ4n) is 1.42. The maximum Gasteiger partial charge on any atom is 0.134 e. The van der Waals surface area contributed by atoms with Crippen molar-refractivity contribution in [2.24, 2.45) is 0 Å². The summed E-state index contributed by atoms with van der Waals surface area (Å²) >= 11 is 0. The van der Waals surface area contributed by atoms with Crippen molar-refractivity contribution in [3.05, 3.63) is 67.1 Å². The fraction of sp³-hybridized carbons (Fsp3) is 0. The van der Waals surface area contributed by atoms with Gasteiger partial charge in [0.2, 0.25) is 0 Å². The molecule has 0 heterocycles. The SMILES string of the molecule is [CH2+]c1ccccc1-c1ccccc1. The van der Waals surface area contributed by atoms with Crippen LogP contribution in [0.5, 0.6) is 0 Å². The summed E-state index contributed by atoms with van der Waals surface area (Å²) in [6, 6.07) is 18.5. The van der Waals surface area contributed by atoms with E-state index in [4.69, 9.17) is 0 Å². The molecular weight excluding hydrogens is 156 g/mol. The first kappa shape index (κ1) is 7.93. The predicted octanol–water partition coefficient (Wildman–Crippen LogP) is 3.54. The summed E-state index contributed by atoms with van der Waals surface area (Å²) in [6.07, 6.45) is 0. The van der Waals surface area contributed by atoms with E-state index in [0.717, 1.165) is 5.56 Å². The molecule has 0 saturated heterocycles. The Morgan fingerprint density at radius 1 is 0.692 bits per heavy atom. The molecule has 0 aromatic heterocycles. The van der Waals surface area contributed by atoms with E-state index >= 15 is 0 Å². The van der Waals surface area contributed by atoms with Crippen molar-refractivity contribution in [1.82, 2.24) is 0 Å². The Labute approximate surface area is 78.9 Å². The van der Waals surface area contributed by atoms with Crippen molar-refractivity contribution >= 4 is 0 Å². The van der Waals surface area contributed by atoms with Crippen molar-refractivity contribution in [3.8, 4) is 11.1 Å². The smallest absolute Gasteiger partial charge is 0.0621 e. The van der Waals surface area contributed by atoms with Crippen molar-refractivity contribution in [1.29, 1.82) is 0 Å². The summed E-state index contributed by atoms with van der Waals surface area (Å²) in [5, 5.41) is 0. The standard InChI is InChI=1S/C13H11/c1-11-7-5-6-10-13(11)12-8-3-2-4-9-12/h2-10H,1H2/q+1. The van der Waals surface area contributed by atoms with Crippen LogP contribution in [0.25, 0.3) is 11.1 Å². The summed E-state index contributed by atoms with van der Waals surface area (Å²) in [7, 11) is 0. The Balaban J connectivity index is 2.54. The van der Waals surface area contributed by atoms with Gasteiger partial charge in [-0.1, -0.05) is 18.2 Å². The second-order valence-corrected chi connectivity index (χ2v) is 3.02. The average Bonchev–Trinajstić information content (AvgIpc) is 2.20. The molecule has 62 valence electrons. The van der Waals surface area contributed by atoms with Crippen LogP contribution in [0.3, 0.4) is 0 Å². The van der Waals surface area contributed by atoms with Crippen LogP contribution in [-0.2, 0) is 0 Å². The molecule has 0 unspecified atom stereocenters. The van der Waals surface area contributed by atoms with Crippen molar-refractivity contribution < 1.29 is 0 Å². The quantitative estimate of drug-likeness (QED) is 0.570. The highest BCUT2D eigenvalue weighted by Gasteiger charge is 2.06. The maximum atomic E-state index is 4.00. The van der Waals surface area contributed by atoms with Crippen LogP contribution < -0.4 is 0 Å². The largest absolute Gasteiger partial charge is 0.134 e. The minimum Gasteiger partial charge on any atom is -0.0621 e. The normalized spacial score (nSPS) is 9.85. The Hall–Kier alpha value is -1.69. The maximum absolute atomic E-state index is 4.00. The second-order valence-electron chi connectivity index (χ2n) is 3.02. The number of hydrogen-bond acceptors (Lipinski definition) is 0. The summed E-state index contributed by atoms with van der Waals surface area (Å²) < 4.78 is 0. The van der Waals surface area contributed by atoms with E-state index in [1.54, 1.807) is 0 Å². The van der Waals surface area contributed by atoms with Crippen LogP contribution in [0.1, 0.15) is 5.56 Å². The molecule has 0 spiro atoms. The number of benzene rings is 2. The molecule has 2 aromatic carbocycles. The predicted molar refractivity (Wildman–Crippen MR) is 56.3 cm³/mol. The van der Waals surface area contributed by atoms with Crippen LogP contribution in [0.15, 0.2) is 54.6 Å². The molecule has 0 bridgehead atoms. The molecule has 0 heteroatoms. The third-order valence-corrected chi connectivity index (χ3v) is 2.10. The molecule has 13 heavy (non-hydrogen) atoms. The monoisotopic (exact) mass is 167 g/mol. The highest BCUT2D eigenvalue weighted by Crippen LogP contribution is 2.21. The average molecular weight is 167 g/mol. The van der Waals surface area contributed by atoms with Gasteiger partial charge < -0.3 is 0 Å². The molecule has 0 amide bonds. The van der Waals surface area contributed by atoms with E-state index < -0.39 is 0 Å². The topological polar surface area (TPSA) is 0 Å². The fourth-order valence-corrected chi connectivity index (χ4v) is 1.42. The minimum atomic E-state index is 1.08. The molecule has 0 nitrogen and oxygen atoms in total. The molecule has 0 atom stereocenters. The first-order valence-electron chi connectivity index (χ1n) is 4.34. The number of rotatable bonds is 1. The van der Waals surface area contributed by atoms with Gasteiger partial charge in [-0.2, -0.15) is 0 Å². The van der Waals surface area contributed by atoms with Crippen molar-refractivity contribution in [2.75, 3.05) is 0 Å². The molecule has 0 fully saturated rings. The van der Waals surface area contributed by atoms with Gasteiger partial charge >= 0.3 is 0 Å². The van der Waals surface area contributed by atoms with Crippen molar-refractivity contribution in [2.45, 2.75) is 0 Å². The molecule has 0 saturated carbocycles. The zero-order valence-electron chi connectivity index (χ0n) is 7.40. The van der Waals surface area contributed by atoms with Crippen LogP contribution in [0.4, 0.5) is 0 Å². The van der Waals surface area contributed by atoms with Gasteiger partial charge in [0.1, 0.15) is 5.56 Å². The highest BCUT2D eigenvalue weighted by molar-refractivity contribution is 5.67. The third kappa shape index (κ3) is 1.57. The number of hydrogen-bond donors (Lipinski definition) is 0. The zero-order valence-corrected chi connectivity index (χ0v) is 7.40.